The Labute approximate surface area is 177 Å². The van der Waals surface area contributed by atoms with E-state index in [2.05, 4.69) is 29.1 Å². The molecule has 1 amide bonds. The minimum absolute atomic E-state index is 0.154. The number of likely N-dealkylation sites (tertiary alicyclic amines) is 1. The third-order valence-electron chi connectivity index (χ3n) is 6.72. The summed E-state index contributed by atoms with van der Waals surface area (Å²) >= 11 is 0. The number of nitrogens with zero attached hydrogens (tertiary/aromatic N) is 3. The lowest BCUT2D eigenvalue weighted by atomic mass is 9.75. The molecule has 3 aromatic rings. The number of pyridine rings is 1. The van der Waals surface area contributed by atoms with Gasteiger partial charge in [0.25, 0.3) is 5.91 Å². The first-order chi connectivity index (χ1) is 14.7. The van der Waals surface area contributed by atoms with Gasteiger partial charge >= 0.3 is 0 Å². The number of fused-ring (bicyclic) bond motifs is 2. The molecule has 1 saturated heterocycles. The Morgan fingerprint density at radius 1 is 1.03 bits per heavy atom. The number of carbonyl (C=O) groups is 1. The van der Waals surface area contributed by atoms with E-state index in [0.29, 0.717) is 12.5 Å². The van der Waals surface area contributed by atoms with Crippen molar-refractivity contribution < 1.29 is 9.53 Å². The van der Waals surface area contributed by atoms with Crippen LogP contribution in [0.2, 0.25) is 0 Å². The van der Waals surface area contributed by atoms with Crippen LogP contribution in [0, 0.1) is 18.8 Å². The average Bonchev–Trinajstić information content (AvgIpc) is 3.19. The van der Waals surface area contributed by atoms with Crippen molar-refractivity contribution in [3.05, 3.63) is 65.6 Å². The molecule has 5 nitrogen and oxygen atoms in total. The van der Waals surface area contributed by atoms with Crippen LogP contribution in [0.3, 0.4) is 0 Å². The van der Waals surface area contributed by atoms with E-state index in [0.717, 1.165) is 48.1 Å². The molecule has 30 heavy (non-hydrogen) atoms. The SMILES string of the molecule is Cc1ccc2nc(COc3ccc(C(=O)N4CCC5CCCCC5C4)cc3)cn2c1. The Morgan fingerprint density at radius 2 is 1.83 bits per heavy atom. The fourth-order valence-electron chi connectivity index (χ4n) is 5.04. The standard InChI is InChI=1S/C25H29N3O2/c1-18-6-11-24-26-22(16-28(24)14-18)17-30-23-9-7-20(8-10-23)25(29)27-13-12-19-4-2-3-5-21(19)15-27/h6-11,14,16,19,21H,2-5,12-13,15,17H2,1H3. The third-order valence-corrected chi connectivity index (χ3v) is 6.72. The number of hydrogen-bond acceptors (Lipinski definition) is 3. The smallest absolute Gasteiger partial charge is 0.253 e. The summed E-state index contributed by atoms with van der Waals surface area (Å²) in [6.45, 7) is 4.29. The average molecular weight is 404 g/mol. The van der Waals surface area contributed by atoms with Gasteiger partial charge in [-0.05, 0) is 67.5 Å². The highest BCUT2D eigenvalue weighted by atomic mass is 16.5. The predicted molar refractivity (Wildman–Crippen MR) is 117 cm³/mol. The summed E-state index contributed by atoms with van der Waals surface area (Å²) < 4.78 is 7.92. The zero-order chi connectivity index (χ0) is 20.5. The van der Waals surface area contributed by atoms with Crippen LogP contribution < -0.4 is 4.74 Å². The van der Waals surface area contributed by atoms with Crippen molar-refractivity contribution >= 4 is 11.6 Å². The number of ether oxygens (including phenoxy) is 1. The van der Waals surface area contributed by atoms with Crippen LogP contribution in [0.25, 0.3) is 5.65 Å². The van der Waals surface area contributed by atoms with E-state index in [9.17, 15) is 4.79 Å². The molecule has 5 heteroatoms. The molecule has 1 aliphatic heterocycles. The molecule has 2 fully saturated rings. The summed E-state index contributed by atoms with van der Waals surface area (Å²) in [6.07, 6.45) is 10.5. The molecule has 1 aliphatic carbocycles. The van der Waals surface area contributed by atoms with E-state index >= 15 is 0 Å². The molecule has 0 N–H and O–H groups in total. The van der Waals surface area contributed by atoms with Gasteiger partial charge in [-0.1, -0.05) is 25.3 Å². The minimum Gasteiger partial charge on any atom is -0.487 e. The summed E-state index contributed by atoms with van der Waals surface area (Å²) in [6, 6.07) is 11.6. The van der Waals surface area contributed by atoms with E-state index in [-0.39, 0.29) is 5.91 Å². The number of rotatable bonds is 4. The topological polar surface area (TPSA) is 46.8 Å². The number of piperidine rings is 1. The molecule has 2 aromatic heterocycles. The van der Waals surface area contributed by atoms with Gasteiger partial charge in [0.05, 0.1) is 5.69 Å². The van der Waals surface area contributed by atoms with Gasteiger partial charge in [0.2, 0.25) is 0 Å². The Hall–Kier alpha value is -2.82. The summed E-state index contributed by atoms with van der Waals surface area (Å²) in [5, 5.41) is 0. The quantitative estimate of drug-likeness (QED) is 0.624. The van der Waals surface area contributed by atoms with Crippen LogP contribution in [0.15, 0.2) is 48.8 Å². The number of benzene rings is 1. The van der Waals surface area contributed by atoms with Gasteiger partial charge in [0.1, 0.15) is 18.0 Å². The Bertz CT molecular complexity index is 1040. The molecule has 2 atom stereocenters. The van der Waals surface area contributed by atoms with Gasteiger partial charge in [0.15, 0.2) is 0 Å². The Kier molecular flexibility index (Phi) is 5.19. The minimum atomic E-state index is 0.154. The second-order valence-electron chi connectivity index (χ2n) is 8.86. The van der Waals surface area contributed by atoms with Crippen LogP contribution in [0.4, 0.5) is 0 Å². The maximum absolute atomic E-state index is 13.0. The molecule has 0 spiro atoms. The van der Waals surface area contributed by atoms with Crippen LogP contribution in [-0.4, -0.2) is 33.3 Å². The maximum Gasteiger partial charge on any atom is 0.253 e. The number of carbonyl (C=O) groups excluding carboxylic acids is 1. The van der Waals surface area contributed by atoms with Gasteiger partial charge in [-0.25, -0.2) is 4.98 Å². The highest BCUT2D eigenvalue weighted by Crippen LogP contribution is 2.36. The predicted octanol–water partition coefficient (Wildman–Crippen LogP) is 4.87. The van der Waals surface area contributed by atoms with E-state index in [1.165, 1.54) is 31.2 Å². The first-order valence-electron chi connectivity index (χ1n) is 11.1. The monoisotopic (exact) mass is 403 g/mol. The molecule has 1 aromatic carbocycles. The number of hydrogen-bond donors (Lipinski definition) is 0. The fraction of sp³-hybridized carbons (Fsp3) is 0.440. The van der Waals surface area contributed by atoms with Crippen molar-refractivity contribution in [2.24, 2.45) is 11.8 Å². The van der Waals surface area contributed by atoms with Crippen LogP contribution >= 0.6 is 0 Å². The summed E-state index contributed by atoms with van der Waals surface area (Å²) in [5.74, 6) is 2.45. The first kappa shape index (κ1) is 19.2. The fourth-order valence-corrected chi connectivity index (χ4v) is 5.04. The van der Waals surface area contributed by atoms with Crippen molar-refractivity contribution in [2.45, 2.75) is 45.6 Å². The molecule has 2 aliphatic rings. The molecule has 0 radical (unpaired) electrons. The summed E-state index contributed by atoms with van der Waals surface area (Å²) in [5.41, 5.74) is 3.75. The lowest BCUT2D eigenvalue weighted by molar-refractivity contribution is 0.0521. The Morgan fingerprint density at radius 3 is 2.67 bits per heavy atom. The second-order valence-corrected chi connectivity index (χ2v) is 8.86. The first-order valence-corrected chi connectivity index (χ1v) is 11.1. The molecule has 3 heterocycles. The third kappa shape index (κ3) is 3.93. The molecule has 156 valence electrons. The van der Waals surface area contributed by atoms with Gasteiger partial charge in [-0.3, -0.25) is 4.79 Å². The van der Waals surface area contributed by atoms with Crippen LogP contribution in [0.1, 0.15) is 53.7 Å². The largest absolute Gasteiger partial charge is 0.487 e. The highest BCUT2D eigenvalue weighted by molar-refractivity contribution is 5.94. The molecule has 5 rings (SSSR count). The normalized spacial score (nSPS) is 21.4. The second kappa shape index (κ2) is 8.13. The zero-order valence-corrected chi connectivity index (χ0v) is 17.6. The summed E-state index contributed by atoms with van der Waals surface area (Å²) in [7, 11) is 0. The van der Waals surface area contributed by atoms with E-state index in [4.69, 9.17) is 4.74 Å². The molecule has 0 bridgehead atoms. The van der Waals surface area contributed by atoms with Gasteiger partial charge in [-0.2, -0.15) is 0 Å². The van der Waals surface area contributed by atoms with E-state index in [1.54, 1.807) is 0 Å². The summed E-state index contributed by atoms with van der Waals surface area (Å²) in [4.78, 5) is 19.6. The van der Waals surface area contributed by atoms with Crippen molar-refractivity contribution in [1.29, 1.82) is 0 Å². The van der Waals surface area contributed by atoms with Crippen molar-refractivity contribution in [2.75, 3.05) is 13.1 Å². The van der Waals surface area contributed by atoms with Gasteiger partial charge in [0, 0.05) is 31.0 Å². The lowest BCUT2D eigenvalue weighted by Crippen LogP contribution is -2.44. The molecule has 2 unspecified atom stereocenters. The van der Waals surface area contributed by atoms with Gasteiger partial charge < -0.3 is 14.0 Å². The molecular formula is C25H29N3O2. The van der Waals surface area contributed by atoms with E-state index in [1.807, 2.05) is 40.9 Å². The molecule has 1 saturated carbocycles. The number of imidazole rings is 1. The number of aryl methyl sites for hydroxylation is 1. The van der Waals surface area contributed by atoms with E-state index < -0.39 is 0 Å². The highest BCUT2D eigenvalue weighted by Gasteiger charge is 2.33. The molecular weight excluding hydrogens is 374 g/mol. The van der Waals surface area contributed by atoms with Crippen LogP contribution in [0.5, 0.6) is 5.75 Å². The zero-order valence-electron chi connectivity index (χ0n) is 17.6. The Balaban J connectivity index is 1.20. The lowest BCUT2D eigenvalue weighted by Gasteiger charge is -2.41. The van der Waals surface area contributed by atoms with Crippen molar-refractivity contribution in [3.63, 3.8) is 0 Å². The van der Waals surface area contributed by atoms with Crippen molar-refractivity contribution in [1.82, 2.24) is 14.3 Å². The number of amides is 1. The maximum atomic E-state index is 13.0. The number of aromatic nitrogens is 2. The van der Waals surface area contributed by atoms with Crippen LogP contribution in [-0.2, 0) is 6.61 Å². The van der Waals surface area contributed by atoms with Gasteiger partial charge in [-0.15, -0.1) is 0 Å². The van der Waals surface area contributed by atoms with Crippen molar-refractivity contribution in [3.8, 4) is 5.75 Å².